The molecule has 0 amide bonds. The van der Waals surface area contributed by atoms with Crippen molar-refractivity contribution in [1.29, 1.82) is 0 Å². The van der Waals surface area contributed by atoms with Gasteiger partial charge in [-0.3, -0.25) is 0 Å². The van der Waals surface area contributed by atoms with Gasteiger partial charge < -0.3 is 10.1 Å². The topological polar surface area (TPSA) is 47.0 Å². The van der Waals surface area contributed by atoms with Crippen LogP contribution in [0.4, 0.5) is 32.2 Å². The molecule has 0 fully saturated rings. The summed E-state index contributed by atoms with van der Waals surface area (Å²) in [7, 11) is 0. The van der Waals surface area contributed by atoms with Crippen LogP contribution < -0.4 is 10.1 Å². The molecule has 0 saturated carbocycles. The molecule has 1 N–H and O–H groups in total. The van der Waals surface area contributed by atoms with Gasteiger partial charge >= 0.3 is 6.18 Å². The van der Waals surface area contributed by atoms with E-state index in [1.807, 2.05) is 0 Å². The number of rotatable bonds is 8. The molecule has 0 spiro atoms. The number of aromatic nitrogens is 2. The van der Waals surface area contributed by atoms with Crippen LogP contribution in [-0.4, -0.2) is 34.5 Å². The van der Waals surface area contributed by atoms with Crippen LogP contribution in [0.2, 0.25) is 5.02 Å². The van der Waals surface area contributed by atoms with Crippen LogP contribution in [0.15, 0.2) is 17.0 Å². The summed E-state index contributed by atoms with van der Waals surface area (Å²) in [5, 5.41) is 2.45. The Balaban J connectivity index is 2.08. The fraction of sp³-hybridized carbons (Fsp3) is 0.444. The smallest absolute Gasteiger partial charge is 0.398 e. The van der Waals surface area contributed by atoms with E-state index in [1.54, 1.807) is 6.92 Å². The number of thioether (sulfide) groups is 1. The standard InChI is InChI=1S/C18H18ClF6N3OS/c1-8-4-11(20)12(5-13(8)30-7-18(23,24)25)29-6-9(2)26-17-14(19)15(16(21)22)27-10(3)28-17/h4-5,9,16H,6-7H2,1-3H3,(H,26,27,28)/t9-/m0/s1. The van der Waals surface area contributed by atoms with Gasteiger partial charge in [0.15, 0.2) is 11.6 Å². The van der Waals surface area contributed by atoms with Gasteiger partial charge in [-0.15, -0.1) is 11.8 Å². The van der Waals surface area contributed by atoms with E-state index in [1.165, 1.54) is 19.9 Å². The maximum Gasteiger partial charge on any atom is 0.398 e. The third-order valence-corrected chi connectivity index (χ3v) is 5.28. The number of nitrogens with one attached hydrogen (secondary N) is 1. The fourth-order valence-corrected chi connectivity index (χ4v) is 3.39. The number of nitrogens with zero attached hydrogens (tertiary/aromatic N) is 2. The summed E-state index contributed by atoms with van der Waals surface area (Å²) in [5.74, 6) is -2.01. The van der Waals surface area contributed by atoms with E-state index in [2.05, 4.69) is 15.3 Å². The van der Waals surface area contributed by atoms with Crippen LogP contribution >= 0.6 is 23.4 Å². The summed E-state index contributed by atoms with van der Waals surface area (Å²) in [6.45, 7) is 4.40. The Labute approximate surface area is 178 Å². The van der Waals surface area contributed by atoms with Crippen molar-refractivity contribution in [2.75, 3.05) is 17.7 Å². The van der Waals surface area contributed by atoms with Crippen LogP contribution in [0, 0.1) is 19.7 Å². The lowest BCUT2D eigenvalue weighted by molar-refractivity contribution is -0.105. The van der Waals surface area contributed by atoms with Crippen LogP contribution in [0.3, 0.4) is 0 Å². The van der Waals surface area contributed by atoms with Gasteiger partial charge in [-0.25, -0.2) is 23.1 Å². The number of anilines is 1. The molecule has 2 aromatic rings. The quantitative estimate of drug-likeness (QED) is 0.357. The van der Waals surface area contributed by atoms with Gasteiger partial charge in [0.2, 0.25) is 0 Å². The average Bonchev–Trinajstić information content (AvgIpc) is 2.61. The maximum absolute atomic E-state index is 14.1. The minimum Gasteiger partial charge on any atom is -0.488 e. The summed E-state index contributed by atoms with van der Waals surface area (Å²) in [4.78, 5) is 7.81. The van der Waals surface area contributed by atoms with Gasteiger partial charge in [0.1, 0.15) is 29.0 Å². The van der Waals surface area contributed by atoms with Gasteiger partial charge in [0.25, 0.3) is 6.43 Å². The summed E-state index contributed by atoms with van der Waals surface area (Å²) < 4.78 is 82.9. The number of halogens is 7. The van der Waals surface area contributed by atoms with Crippen molar-refractivity contribution in [3.8, 4) is 5.75 Å². The SMILES string of the molecule is Cc1nc(N[C@@H](C)COc2cc(SCC(F)(F)F)c(C)cc2F)c(Cl)c(C(F)F)n1. The minimum atomic E-state index is -4.36. The zero-order chi connectivity index (χ0) is 22.6. The minimum absolute atomic E-state index is 0.0265. The molecule has 2 rings (SSSR count). The lowest BCUT2D eigenvalue weighted by Gasteiger charge is -2.18. The molecular weight excluding hydrogens is 456 g/mol. The fourth-order valence-electron chi connectivity index (χ4n) is 2.37. The number of aryl methyl sites for hydroxylation is 2. The van der Waals surface area contributed by atoms with Crippen molar-refractivity contribution in [3.63, 3.8) is 0 Å². The lowest BCUT2D eigenvalue weighted by atomic mass is 10.2. The molecule has 0 aliphatic carbocycles. The van der Waals surface area contributed by atoms with Crippen molar-refractivity contribution in [3.05, 3.63) is 40.1 Å². The zero-order valence-electron chi connectivity index (χ0n) is 16.1. The molecule has 0 saturated heterocycles. The highest BCUT2D eigenvalue weighted by molar-refractivity contribution is 7.99. The molecular formula is C18H18ClF6N3OS. The zero-order valence-corrected chi connectivity index (χ0v) is 17.7. The first-order valence-corrected chi connectivity index (χ1v) is 9.95. The van der Waals surface area contributed by atoms with Crippen molar-refractivity contribution in [1.82, 2.24) is 9.97 Å². The van der Waals surface area contributed by atoms with E-state index in [9.17, 15) is 26.3 Å². The molecule has 166 valence electrons. The van der Waals surface area contributed by atoms with Crippen molar-refractivity contribution < 1.29 is 31.1 Å². The molecule has 0 bridgehead atoms. The van der Waals surface area contributed by atoms with E-state index in [0.29, 0.717) is 17.3 Å². The number of hydrogen-bond acceptors (Lipinski definition) is 5. The number of benzene rings is 1. The van der Waals surface area contributed by atoms with Gasteiger partial charge in [-0.05, 0) is 38.5 Å². The maximum atomic E-state index is 14.1. The molecule has 0 aliphatic rings. The monoisotopic (exact) mass is 473 g/mol. The van der Waals surface area contributed by atoms with Gasteiger partial charge in [0.05, 0.1) is 11.8 Å². The first-order valence-electron chi connectivity index (χ1n) is 8.58. The second-order valence-corrected chi connectivity index (χ2v) is 7.82. The van der Waals surface area contributed by atoms with Gasteiger partial charge in [-0.2, -0.15) is 13.2 Å². The number of alkyl halides is 5. The summed E-state index contributed by atoms with van der Waals surface area (Å²) in [5.41, 5.74) is -0.265. The van der Waals surface area contributed by atoms with Crippen LogP contribution in [0.5, 0.6) is 5.75 Å². The highest BCUT2D eigenvalue weighted by Crippen LogP contribution is 2.34. The van der Waals surface area contributed by atoms with Gasteiger partial charge in [0, 0.05) is 4.90 Å². The predicted molar refractivity (Wildman–Crippen MR) is 103 cm³/mol. The van der Waals surface area contributed by atoms with E-state index in [-0.39, 0.29) is 33.9 Å². The van der Waals surface area contributed by atoms with E-state index in [4.69, 9.17) is 16.3 Å². The Morgan fingerprint density at radius 1 is 1.20 bits per heavy atom. The highest BCUT2D eigenvalue weighted by Gasteiger charge is 2.28. The van der Waals surface area contributed by atoms with Crippen LogP contribution in [0.1, 0.15) is 30.4 Å². The second kappa shape index (κ2) is 9.95. The summed E-state index contributed by atoms with van der Waals surface area (Å²) in [6.07, 6.45) is -7.25. The average molecular weight is 474 g/mol. The predicted octanol–water partition coefficient (Wildman–Crippen LogP) is 6.36. The Morgan fingerprint density at radius 2 is 1.87 bits per heavy atom. The lowest BCUT2D eigenvalue weighted by Crippen LogP contribution is -2.25. The van der Waals surface area contributed by atoms with E-state index >= 15 is 0 Å². The number of hydrogen-bond donors (Lipinski definition) is 1. The Morgan fingerprint density at radius 3 is 2.47 bits per heavy atom. The van der Waals surface area contributed by atoms with Gasteiger partial charge in [-0.1, -0.05) is 11.6 Å². The second-order valence-electron chi connectivity index (χ2n) is 6.43. The molecule has 30 heavy (non-hydrogen) atoms. The molecule has 4 nitrogen and oxygen atoms in total. The Hall–Kier alpha value is -1.88. The normalized spacial score (nSPS) is 12.9. The first kappa shape index (κ1) is 24.4. The summed E-state index contributed by atoms with van der Waals surface area (Å²) >= 11 is 6.44. The van der Waals surface area contributed by atoms with Crippen molar-refractivity contribution >= 4 is 29.2 Å². The third-order valence-electron chi connectivity index (χ3n) is 3.69. The largest absolute Gasteiger partial charge is 0.488 e. The summed E-state index contributed by atoms with van der Waals surface area (Å²) in [6, 6.07) is 1.74. The molecule has 0 aliphatic heterocycles. The Kier molecular flexibility index (Phi) is 8.09. The molecule has 1 aromatic carbocycles. The first-order chi connectivity index (χ1) is 13.9. The van der Waals surface area contributed by atoms with Crippen LogP contribution in [-0.2, 0) is 0 Å². The van der Waals surface area contributed by atoms with Crippen molar-refractivity contribution in [2.24, 2.45) is 0 Å². The van der Waals surface area contributed by atoms with Crippen molar-refractivity contribution in [2.45, 2.75) is 44.3 Å². The molecule has 0 radical (unpaired) electrons. The highest BCUT2D eigenvalue weighted by atomic mass is 35.5. The number of ether oxygens (including phenoxy) is 1. The molecule has 1 heterocycles. The molecule has 12 heteroatoms. The molecule has 0 unspecified atom stereocenters. The Bertz CT molecular complexity index is 897. The third kappa shape index (κ3) is 6.83. The molecule has 1 atom stereocenters. The van der Waals surface area contributed by atoms with E-state index in [0.717, 1.165) is 6.07 Å². The van der Waals surface area contributed by atoms with Crippen LogP contribution in [0.25, 0.3) is 0 Å². The van der Waals surface area contributed by atoms with E-state index < -0.39 is 35.9 Å². The molecule has 1 aromatic heterocycles.